The fourth-order valence-corrected chi connectivity index (χ4v) is 2.73. The highest BCUT2D eigenvalue weighted by atomic mass is 16.6. The van der Waals surface area contributed by atoms with Gasteiger partial charge in [0.2, 0.25) is 0 Å². The first-order chi connectivity index (χ1) is 10.1. The zero-order valence-corrected chi connectivity index (χ0v) is 12.4. The molecule has 5 heteroatoms. The Morgan fingerprint density at radius 2 is 2.38 bits per heavy atom. The van der Waals surface area contributed by atoms with Gasteiger partial charge in [0.15, 0.2) is 18.5 Å². The van der Waals surface area contributed by atoms with Crippen molar-refractivity contribution in [3.8, 4) is 12.3 Å². The third kappa shape index (κ3) is 3.23. The van der Waals surface area contributed by atoms with Gasteiger partial charge in [-0.1, -0.05) is 19.8 Å². The Hall–Kier alpha value is -1.90. The Kier molecular flexibility index (Phi) is 4.94. The zero-order chi connectivity index (χ0) is 15.4. The minimum atomic E-state index is -0.469. The number of carbonyl (C=O) groups excluding carboxylic acids is 1. The molecule has 0 saturated carbocycles. The van der Waals surface area contributed by atoms with Crippen LogP contribution in [0.4, 0.5) is 0 Å². The lowest BCUT2D eigenvalue weighted by Crippen LogP contribution is -2.46. The van der Waals surface area contributed by atoms with Crippen LogP contribution in [0.2, 0.25) is 0 Å². The van der Waals surface area contributed by atoms with E-state index in [-0.39, 0.29) is 31.0 Å². The van der Waals surface area contributed by atoms with Gasteiger partial charge in [-0.25, -0.2) is 0 Å². The molecule has 1 aromatic heterocycles. The molecule has 0 aromatic carbocycles. The number of hydrogen-bond acceptors (Lipinski definition) is 3. The predicted molar refractivity (Wildman–Crippen MR) is 77.1 cm³/mol. The summed E-state index contributed by atoms with van der Waals surface area (Å²) in [6.45, 7) is 4.40. The first kappa shape index (κ1) is 15.5. The summed E-state index contributed by atoms with van der Waals surface area (Å²) in [7, 11) is 0. The molecule has 21 heavy (non-hydrogen) atoms. The van der Waals surface area contributed by atoms with Gasteiger partial charge in [-0.2, -0.15) is 4.57 Å². The lowest BCUT2D eigenvalue weighted by molar-refractivity contribution is -0.766. The molecule has 0 bridgehead atoms. The fraction of sp³-hybridized carbons (Fsp3) is 0.500. The van der Waals surface area contributed by atoms with Crippen LogP contribution in [0.1, 0.15) is 36.9 Å². The van der Waals surface area contributed by atoms with E-state index in [4.69, 9.17) is 21.6 Å². The Balaban J connectivity index is 2.29. The van der Waals surface area contributed by atoms with E-state index < -0.39 is 5.91 Å². The Morgan fingerprint density at radius 1 is 1.62 bits per heavy atom. The van der Waals surface area contributed by atoms with Crippen LogP contribution in [0.3, 0.4) is 0 Å². The summed E-state index contributed by atoms with van der Waals surface area (Å²) < 4.78 is 13.7. The van der Waals surface area contributed by atoms with Crippen molar-refractivity contribution in [1.82, 2.24) is 0 Å². The number of ether oxygens (including phenoxy) is 2. The number of terminal acetylenes is 1. The van der Waals surface area contributed by atoms with Crippen molar-refractivity contribution in [2.45, 2.75) is 38.7 Å². The number of amides is 1. The SMILES string of the molecule is C#CCO[C@@H]1[C@H](C)[C@@H](CC)O[C@H]1[n+]1cccc(C(N)=O)c1. The van der Waals surface area contributed by atoms with Crippen LogP contribution in [0.15, 0.2) is 24.5 Å². The van der Waals surface area contributed by atoms with Gasteiger partial charge >= 0.3 is 0 Å². The van der Waals surface area contributed by atoms with Gasteiger partial charge in [-0.3, -0.25) is 4.79 Å². The number of aromatic nitrogens is 1. The predicted octanol–water partition coefficient (Wildman–Crippen LogP) is 1.03. The van der Waals surface area contributed by atoms with E-state index in [1.54, 1.807) is 18.3 Å². The summed E-state index contributed by atoms with van der Waals surface area (Å²) in [6.07, 6.45) is 9.34. The second kappa shape index (κ2) is 6.70. The van der Waals surface area contributed by atoms with Crippen molar-refractivity contribution >= 4 is 5.91 Å². The van der Waals surface area contributed by atoms with E-state index >= 15 is 0 Å². The molecule has 1 saturated heterocycles. The second-order valence-electron chi connectivity index (χ2n) is 5.22. The summed E-state index contributed by atoms with van der Waals surface area (Å²) in [5.74, 6) is 2.24. The van der Waals surface area contributed by atoms with Gasteiger partial charge in [0.05, 0.1) is 6.10 Å². The Morgan fingerprint density at radius 3 is 3.00 bits per heavy atom. The standard InChI is InChI=1S/C16H20N2O3/c1-4-9-20-14-11(3)13(5-2)21-16(14)18-8-6-7-12(10-18)15(17)19/h1,6-8,10-11,13-14,16H,5,9H2,2-3H3,(H-,17,19)/p+1/t11-,13-,14-,16-/m1/s1. The summed E-state index contributed by atoms with van der Waals surface area (Å²) in [6, 6.07) is 3.44. The molecular formula is C16H21N2O3+. The Bertz CT molecular complexity index is 553. The van der Waals surface area contributed by atoms with Crippen LogP contribution in [-0.4, -0.2) is 24.7 Å². The normalized spacial score (nSPS) is 28.2. The van der Waals surface area contributed by atoms with E-state index in [1.165, 1.54) is 0 Å². The summed E-state index contributed by atoms with van der Waals surface area (Å²) in [5.41, 5.74) is 5.76. The van der Waals surface area contributed by atoms with Crippen LogP contribution >= 0.6 is 0 Å². The van der Waals surface area contributed by atoms with Gasteiger partial charge in [-0.05, 0) is 12.5 Å². The molecule has 0 aliphatic carbocycles. The van der Waals surface area contributed by atoms with Gasteiger partial charge in [0, 0.05) is 12.0 Å². The highest BCUT2D eigenvalue weighted by molar-refractivity contribution is 5.92. The fourth-order valence-electron chi connectivity index (χ4n) is 2.73. The lowest BCUT2D eigenvalue weighted by atomic mass is 9.98. The second-order valence-corrected chi connectivity index (χ2v) is 5.22. The summed E-state index contributed by atoms with van der Waals surface area (Å²) in [5, 5.41) is 0. The first-order valence-corrected chi connectivity index (χ1v) is 7.09. The number of pyridine rings is 1. The van der Waals surface area contributed by atoms with E-state index in [0.29, 0.717) is 5.56 Å². The van der Waals surface area contributed by atoms with E-state index in [9.17, 15) is 4.79 Å². The molecule has 1 fully saturated rings. The average Bonchev–Trinajstić information content (AvgIpc) is 2.81. The molecule has 1 aliphatic rings. The lowest BCUT2D eigenvalue weighted by Gasteiger charge is -2.17. The molecule has 4 atom stereocenters. The van der Waals surface area contributed by atoms with E-state index in [2.05, 4.69) is 19.8 Å². The highest BCUT2D eigenvalue weighted by Crippen LogP contribution is 2.34. The van der Waals surface area contributed by atoms with Crippen LogP contribution in [0, 0.1) is 18.3 Å². The number of nitrogens with zero attached hydrogens (tertiary/aromatic N) is 1. The third-order valence-corrected chi connectivity index (χ3v) is 3.86. The highest BCUT2D eigenvalue weighted by Gasteiger charge is 2.47. The number of primary amides is 1. The molecule has 1 aromatic rings. The topological polar surface area (TPSA) is 65.4 Å². The zero-order valence-electron chi connectivity index (χ0n) is 12.4. The first-order valence-electron chi connectivity index (χ1n) is 7.09. The van der Waals surface area contributed by atoms with Crippen LogP contribution < -0.4 is 10.3 Å². The van der Waals surface area contributed by atoms with Crippen LogP contribution in [0.25, 0.3) is 0 Å². The molecule has 2 rings (SSSR count). The maximum absolute atomic E-state index is 11.3. The van der Waals surface area contributed by atoms with E-state index in [0.717, 1.165) is 6.42 Å². The third-order valence-electron chi connectivity index (χ3n) is 3.86. The van der Waals surface area contributed by atoms with Gasteiger partial charge < -0.3 is 15.2 Å². The van der Waals surface area contributed by atoms with Gasteiger partial charge in [-0.15, -0.1) is 6.42 Å². The van der Waals surface area contributed by atoms with Crippen molar-refractivity contribution in [1.29, 1.82) is 0 Å². The van der Waals surface area contributed by atoms with Crippen molar-refractivity contribution in [3.63, 3.8) is 0 Å². The van der Waals surface area contributed by atoms with Crippen LogP contribution in [0.5, 0.6) is 0 Å². The quantitative estimate of drug-likeness (QED) is 0.650. The Labute approximate surface area is 125 Å². The smallest absolute Gasteiger partial charge is 0.289 e. The molecule has 2 N–H and O–H groups in total. The summed E-state index contributed by atoms with van der Waals surface area (Å²) >= 11 is 0. The minimum absolute atomic E-state index is 0.0995. The number of hydrogen-bond donors (Lipinski definition) is 1. The molecular weight excluding hydrogens is 268 g/mol. The maximum Gasteiger partial charge on any atom is 0.289 e. The van der Waals surface area contributed by atoms with Gasteiger partial charge in [0.1, 0.15) is 12.2 Å². The minimum Gasteiger partial charge on any atom is -0.365 e. The number of rotatable bonds is 5. The van der Waals surface area contributed by atoms with Crippen molar-refractivity contribution in [2.75, 3.05) is 6.61 Å². The van der Waals surface area contributed by atoms with Crippen LogP contribution in [-0.2, 0) is 9.47 Å². The molecule has 0 unspecified atom stereocenters. The molecule has 1 aliphatic heterocycles. The molecule has 0 radical (unpaired) electrons. The number of carbonyl (C=O) groups is 1. The van der Waals surface area contributed by atoms with Crippen molar-refractivity contribution in [3.05, 3.63) is 30.1 Å². The van der Waals surface area contributed by atoms with Gasteiger partial charge in [0.25, 0.3) is 12.1 Å². The number of nitrogens with two attached hydrogens (primary N) is 1. The molecule has 2 heterocycles. The molecule has 5 nitrogen and oxygen atoms in total. The van der Waals surface area contributed by atoms with Crippen molar-refractivity contribution < 1.29 is 18.8 Å². The molecule has 0 spiro atoms. The maximum atomic E-state index is 11.3. The van der Waals surface area contributed by atoms with E-state index in [1.807, 2.05) is 10.8 Å². The molecule has 1 amide bonds. The molecule has 112 valence electrons. The van der Waals surface area contributed by atoms with Crippen molar-refractivity contribution in [2.24, 2.45) is 11.7 Å². The largest absolute Gasteiger partial charge is 0.365 e. The monoisotopic (exact) mass is 289 g/mol. The average molecular weight is 289 g/mol. The summed E-state index contributed by atoms with van der Waals surface area (Å²) in [4.78, 5) is 11.3.